The molecule has 0 nitrogen and oxygen atoms in total. The third-order valence-electron chi connectivity index (χ3n) is 6.15. The molecule has 0 atom stereocenters. The first-order valence-electron chi connectivity index (χ1n) is 9.40. The van der Waals surface area contributed by atoms with Crippen LogP contribution in [0.4, 0.5) is 0 Å². The fraction of sp³-hybridized carbons (Fsp3) is 0.636. The summed E-state index contributed by atoms with van der Waals surface area (Å²) in [6, 6.07) is 4.65. The van der Waals surface area contributed by atoms with Gasteiger partial charge in [-0.3, -0.25) is 12.2 Å². The maximum Gasteiger partial charge on any atom is 4.00 e. The number of hydrogen-bond donors (Lipinski definition) is 0. The molecule has 144 valence electrons. The number of hydrogen-bond acceptors (Lipinski definition) is 0. The van der Waals surface area contributed by atoms with Gasteiger partial charge in [0.2, 0.25) is 0 Å². The maximum atomic E-state index is 3.58. The van der Waals surface area contributed by atoms with Gasteiger partial charge in [0.1, 0.15) is 0 Å². The zero-order valence-corrected chi connectivity index (χ0v) is 21.4. The smallest absolute Gasteiger partial charge is 1.00 e. The van der Waals surface area contributed by atoms with Gasteiger partial charge >= 0.3 is 21.7 Å². The summed E-state index contributed by atoms with van der Waals surface area (Å²) in [4.78, 5) is 0. The van der Waals surface area contributed by atoms with Crippen molar-refractivity contribution < 1.29 is 46.5 Å². The van der Waals surface area contributed by atoms with E-state index in [-0.39, 0.29) is 51.9 Å². The van der Waals surface area contributed by atoms with Gasteiger partial charge in [-0.05, 0) is 0 Å². The van der Waals surface area contributed by atoms with Crippen LogP contribution in [0.5, 0.6) is 0 Å². The van der Waals surface area contributed by atoms with Gasteiger partial charge in [0.05, 0.1) is 0 Å². The van der Waals surface area contributed by atoms with Gasteiger partial charge in [-0.2, -0.15) is 17.2 Å². The van der Waals surface area contributed by atoms with Crippen LogP contribution in [0.2, 0.25) is 18.1 Å². The molecule has 1 aliphatic heterocycles. The molecule has 0 amide bonds. The molecule has 0 unspecified atom stereocenters. The molecular formula is C22H34Cl2SiTi. The van der Waals surface area contributed by atoms with Gasteiger partial charge < -0.3 is 24.8 Å². The quantitative estimate of drug-likeness (QED) is 0.448. The summed E-state index contributed by atoms with van der Waals surface area (Å²) in [6.45, 7) is 13.2. The van der Waals surface area contributed by atoms with Crippen LogP contribution >= 0.6 is 0 Å². The van der Waals surface area contributed by atoms with E-state index in [9.17, 15) is 0 Å². The zero-order chi connectivity index (χ0) is 17.1. The van der Waals surface area contributed by atoms with E-state index in [1.807, 2.05) is 0 Å². The Hall–Kier alpha value is 0.471. The third-order valence-corrected chi connectivity index (χ3v) is 11.6. The number of allylic oxidation sites excluding steroid dienone is 8. The molecule has 0 bridgehead atoms. The SMILES string of the molecule is CC1=[C-]C(C)(C)C(C)=C1C.CCCC[Si]1(C2=[C-]CC=C2)CCC1.[Cl-].[Cl-].[Ti+4]. The van der Waals surface area contributed by atoms with Crippen molar-refractivity contribution in [3.05, 3.63) is 46.2 Å². The van der Waals surface area contributed by atoms with E-state index in [0.29, 0.717) is 0 Å². The summed E-state index contributed by atoms with van der Waals surface area (Å²) in [5, 5.41) is 1.67. The van der Waals surface area contributed by atoms with Crippen molar-refractivity contribution in [1.82, 2.24) is 0 Å². The van der Waals surface area contributed by atoms with Crippen molar-refractivity contribution in [3.8, 4) is 0 Å². The van der Waals surface area contributed by atoms with Crippen LogP contribution in [0.25, 0.3) is 0 Å². The molecule has 0 spiro atoms. The van der Waals surface area contributed by atoms with E-state index < -0.39 is 8.07 Å². The van der Waals surface area contributed by atoms with Crippen molar-refractivity contribution >= 4 is 8.07 Å². The van der Waals surface area contributed by atoms with Gasteiger partial charge in [0.15, 0.2) is 0 Å². The molecule has 1 heterocycles. The van der Waals surface area contributed by atoms with E-state index in [1.165, 1.54) is 42.0 Å². The van der Waals surface area contributed by atoms with Crippen molar-refractivity contribution in [1.29, 1.82) is 0 Å². The number of rotatable bonds is 4. The van der Waals surface area contributed by atoms with Crippen LogP contribution in [0.3, 0.4) is 0 Å². The Morgan fingerprint density at radius 1 is 1.12 bits per heavy atom. The number of halogens is 2. The molecule has 3 aliphatic rings. The molecule has 0 aromatic rings. The summed E-state index contributed by atoms with van der Waals surface area (Å²) < 4.78 is 0. The van der Waals surface area contributed by atoms with Gasteiger partial charge in [-0.15, -0.1) is 13.3 Å². The monoisotopic (exact) mass is 444 g/mol. The minimum atomic E-state index is -0.912. The summed E-state index contributed by atoms with van der Waals surface area (Å²) in [6.07, 6.45) is 17.1. The zero-order valence-electron chi connectivity index (χ0n) is 17.4. The van der Waals surface area contributed by atoms with Crippen LogP contribution in [0.1, 0.15) is 67.2 Å². The fourth-order valence-electron chi connectivity index (χ4n) is 3.95. The Morgan fingerprint density at radius 2 is 1.73 bits per heavy atom. The van der Waals surface area contributed by atoms with E-state index in [4.69, 9.17) is 0 Å². The second kappa shape index (κ2) is 12.1. The van der Waals surface area contributed by atoms with E-state index in [2.05, 4.69) is 65.8 Å². The minimum Gasteiger partial charge on any atom is -1.00 e. The Bertz CT molecular complexity index is 567. The molecule has 0 aromatic heterocycles. The molecule has 0 saturated carbocycles. The normalized spacial score (nSPS) is 21.2. The third kappa shape index (κ3) is 6.52. The van der Waals surface area contributed by atoms with Gasteiger partial charge in [-0.1, -0.05) is 77.4 Å². The predicted molar refractivity (Wildman–Crippen MR) is 105 cm³/mol. The van der Waals surface area contributed by atoms with E-state index in [0.717, 1.165) is 6.42 Å². The van der Waals surface area contributed by atoms with Gasteiger partial charge in [0.25, 0.3) is 0 Å². The van der Waals surface area contributed by atoms with Crippen LogP contribution in [0, 0.1) is 17.6 Å². The summed E-state index contributed by atoms with van der Waals surface area (Å²) >= 11 is 0. The molecule has 1 fully saturated rings. The van der Waals surface area contributed by atoms with E-state index in [1.54, 1.807) is 17.3 Å². The molecule has 2 aliphatic carbocycles. The second-order valence-electron chi connectivity index (χ2n) is 8.06. The molecular weight excluding hydrogens is 411 g/mol. The summed E-state index contributed by atoms with van der Waals surface area (Å²) in [5.74, 6) is 0. The first-order chi connectivity index (χ1) is 10.8. The van der Waals surface area contributed by atoms with Crippen LogP contribution in [-0.4, -0.2) is 8.07 Å². The Labute approximate surface area is 190 Å². The summed E-state index contributed by atoms with van der Waals surface area (Å²) in [5.41, 5.74) is 4.39. The van der Waals surface area contributed by atoms with Crippen molar-refractivity contribution in [2.24, 2.45) is 5.41 Å². The molecule has 0 N–H and O–H groups in total. The van der Waals surface area contributed by atoms with Gasteiger partial charge in [0, 0.05) is 8.07 Å². The van der Waals surface area contributed by atoms with Crippen molar-refractivity contribution in [3.63, 3.8) is 0 Å². The Morgan fingerprint density at radius 3 is 2.00 bits per heavy atom. The molecule has 1 saturated heterocycles. The molecule has 0 radical (unpaired) electrons. The van der Waals surface area contributed by atoms with Crippen LogP contribution < -0.4 is 24.8 Å². The fourth-order valence-corrected chi connectivity index (χ4v) is 8.44. The molecule has 0 aromatic carbocycles. The first-order valence-corrected chi connectivity index (χ1v) is 12.0. The predicted octanol–water partition coefficient (Wildman–Crippen LogP) is 0.985. The average molecular weight is 445 g/mol. The summed E-state index contributed by atoms with van der Waals surface area (Å²) in [7, 11) is -0.912. The van der Waals surface area contributed by atoms with Crippen LogP contribution in [0.15, 0.2) is 34.1 Å². The molecule has 3 rings (SSSR count). The Balaban J connectivity index is 0. The van der Waals surface area contributed by atoms with Crippen LogP contribution in [-0.2, 0) is 21.7 Å². The maximum absolute atomic E-state index is 3.58. The average Bonchev–Trinajstić information content (AvgIpc) is 3.04. The molecule has 4 heteroatoms. The topological polar surface area (TPSA) is 0 Å². The Kier molecular flexibility index (Phi) is 13.4. The minimum absolute atomic E-state index is 0. The first kappa shape index (κ1) is 28.7. The van der Waals surface area contributed by atoms with E-state index >= 15 is 0 Å². The van der Waals surface area contributed by atoms with Gasteiger partial charge in [-0.25, -0.2) is 16.8 Å². The van der Waals surface area contributed by atoms with Crippen molar-refractivity contribution in [2.75, 3.05) is 0 Å². The number of unbranched alkanes of at least 4 members (excludes halogenated alkanes) is 1. The largest absolute Gasteiger partial charge is 4.00 e. The second-order valence-corrected chi connectivity index (χ2v) is 12.7. The van der Waals surface area contributed by atoms with Crippen molar-refractivity contribution in [2.45, 2.75) is 85.4 Å². The standard InChI is InChI=1S/C12H19Si.C10H15.2ClH.Ti/c1-2-3-9-13(10-6-11-13)12-7-4-5-8-12;1-7-6-10(4,5)9(3)8(7)2;;;/h4,7H,2-3,5-6,9-11H2,1H3;1-5H3;2*1H;/q2*-1;;;+4/p-2. The molecule has 26 heavy (non-hydrogen) atoms.